The molecule has 0 radical (unpaired) electrons. The van der Waals surface area contributed by atoms with Crippen molar-refractivity contribution < 1.29 is 8.78 Å². The van der Waals surface area contributed by atoms with Crippen molar-refractivity contribution in [3.8, 4) is 0 Å². The third-order valence-electron chi connectivity index (χ3n) is 1.50. The van der Waals surface area contributed by atoms with Crippen LogP contribution in [0.4, 0.5) is 8.78 Å². The van der Waals surface area contributed by atoms with Crippen LogP contribution in [-0.2, 0) is 6.54 Å². The Hall–Kier alpha value is -1.23. The number of pyridine rings is 1. The molecule has 0 aromatic carbocycles. The lowest BCUT2D eigenvalue weighted by Crippen LogP contribution is -2.11. The summed E-state index contributed by atoms with van der Waals surface area (Å²) >= 11 is 0. The largest absolute Gasteiger partial charge is 0.329 e. The zero-order valence-corrected chi connectivity index (χ0v) is 6.18. The number of hydrogen-bond donors (Lipinski definition) is 2. The van der Waals surface area contributed by atoms with Crippen molar-refractivity contribution in [2.75, 3.05) is 0 Å². The second-order valence-corrected chi connectivity index (χ2v) is 2.28. The maximum absolute atomic E-state index is 12.2. The summed E-state index contributed by atoms with van der Waals surface area (Å²) in [5.41, 5.74) is 4.73. The van der Waals surface area contributed by atoms with Crippen LogP contribution in [0.15, 0.2) is 17.1 Å². The van der Waals surface area contributed by atoms with Crippen LogP contribution in [0.5, 0.6) is 0 Å². The molecule has 1 aromatic rings. The molecule has 0 atom stereocenters. The highest BCUT2D eigenvalue weighted by Crippen LogP contribution is 2.19. The van der Waals surface area contributed by atoms with E-state index in [1.165, 1.54) is 0 Å². The van der Waals surface area contributed by atoms with Crippen LogP contribution in [0.2, 0.25) is 0 Å². The lowest BCUT2D eigenvalue weighted by molar-refractivity contribution is 0.149. The molecule has 3 N–H and O–H groups in total. The Morgan fingerprint density at radius 1 is 1.58 bits per heavy atom. The van der Waals surface area contributed by atoms with Crippen molar-refractivity contribution in [3.63, 3.8) is 0 Å². The third-order valence-corrected chi connectivity index (χ3v) is 1.50. The molecule has 0 amide bonds. The molecule has 0 aliphatic rings. The normalized spacial score (nSPS) is 10.7. The topological polar surface area (TPSA) is 58.9 Å². The van der Waals surface area contributed by atoms with E-state index in [-0.39, 0.29) is 17.7 Å². The summed E-state index contributed by atoms with van der Waals surface area (Å²) in [6, 6.07) is 1.08. The van der Waals surface area contributed by atoms with Crippen molar-refractivity contribution in [3.05, 3.63) is 33.7 Å². The highest BCUT2D eigenvalue weighted by Gasteiger charge is 2.11. The van der Waals surface area contributed by atoms with Crippen molar-refractivity contribution in [1.29, 1.82) is 0 Å². The van der Waals surface area contributed by atoms with Gasteiger partial charge < -0.3 is 10.7 Å². The zero-order valence-electron chi connectivity index (χ0n) is 6.18. The molecular weight excluding hydrogens is 166 g/mol. The molecule has 66 valence electrons. The number of nitrogens with one attached hydrogen (secondary N) is 1. The molecule has 0 bridgehead atoms. The second kappa shape index (κ2) is 3.44. The van der Waals surface area contributed by atoms with Crippen molar-refractivity contribution >= 4 is 0 Å². The van der Waals surface area contributed by atoms with Gasteiger partial charge in [0.2, 0.25) is 5.56 Å². The quantitative estimate of drug-likeness (QED) is 0.695. The van der Waals surface area contributed by atoms with E-state index in [9.17, 15) is 13.6 Å². The van der Waals surface area contributed by atoms with Gasteiger partial charge in [0.15, 0.2) is 0 Å². The summed E-state index contributed by atoms with van der Waals surface area (Å²) in [7, 11) is 0. The van der Waals surface area contributed by atoms with Crippen molar-refractivity contribution in [2.24, 2.45) is 5.73 Å². The Labute approximate surface area is 67.2 Å². The van der Waals surface area contributed by atoms with Gasteiger partial charge in [0.1, 0.15) is 0 Å². The summed E-state index contributed by atoms with van der Waals surface area (Å²) in [4.78, 5) is 12.8. The van der Waals surface area contributed by atoms with Gasteiger partial charge in [-0.15, -0.1) is 0 Å². The smallest absolute Gasteiger partial charge is 0.265 e. The first-order chi connectivity index (χ1) is 5.65. The number of nitrogens with two attached hydrogens (primary N) is 1. The van der Waals surface area contributed by atoms with Gasteiger partial charge in [-0.25, -0.2) is 8.78 Å². The highest BCUT2D eigenvalue weighted by atomic mass is 19.3. The van der Waals surface area contributed by atoms with Gasteiger partial charge in [-0.1, -0.05) is 0 Å². The van der Waals surface area contributed by atoms with Crippen molar-refractivity contribution in [2.45, 2.75) is 13.0 Å². The number of aromatic amines is 1. The van der Waals surface area contributed by atoms with Gasteiger partial charge in [-0.05, 0) is 5.56 Å². The van der Waals surface area contributed by atoms with Crippen molar-refractivity contribution in [1.82, 2.24) is 4.98 Å². The second-order valence-electron chi connectivity index (χ2n) is 2.28. The van der Waals surface area contributed by atoms with E-state index in [1.54, 1.807) is 0 Å². The molecule has 0 spiro atoms. The van der Waals surface area contributed by atoms with E-state index in [0.717, 1.165) is 12.3 Å². The predicted molar refractivity (Wildman–Crippen MR) is 39.9 cm³/mol. The minimum Gasteiger partial charge on any atom is -0.329 e. The first kappa shape index (κ1) is 8.86. The van der Waals surface area contributed by atoms with Gasteiger partial charge in [-0.2, -0.15) is 0 Å². The van der Waals surface area contributed by atoms with E-state index in [1.807, 2.05) is 0 Å². The molecule has 0 saturated carbocycles. The standard InChI is InChI=1S/C7H8F2N2O/c8-7(9)5-3-11-6(12)1-4(5)2-10/h1,3,7H,2,10H2,(H,11,12). The molecule has 0 unspecified atom stereocenters. The number of alkyl halides is 2. The van der Waals surface area contributed by atoms with Crippen LogP contribution >= 0.6 is 0 Å². The molecule has 0 fully saturated rings. The molecule has 1 rings (SSSR count). The molecule has 5 heteroatoms. The van der Waals surface area contributed by atoms with Crippen LogP contribution < -0.4 is 11.3 Å². The Bertz CT molecular complexity index is 321. The minimum absolute atomic E-state index is 0.0520. The van der Waals surface area contributed by atoms with Crippen LogP contribution in [0.1, 0.15) is 17.6 Å². The Balaban J connectivity index is 3.20. The SMILES string of the molecule is NCc1cc(=O)[nH]cc1C(F)F. The van der Waals surface area contributed by atoms with Gasteiger partial charge in [-0.3, -0.25) is 4.79 Å². The molecular formula is C7H8F2N2O. The lowest BCUT2D eigenvalue weighted by Gasteiger charge is -2.04. The minimum atomic E-state index is -2.60. The number of hydrogen-bond acceptors (Lipinski definition) is 2. The fourth-order valence-electron chi connectivity index (χ4n) is 0.905. The van der Waals surface area contributed by atoms with Gasteiger partial charge in [0.25, 0.3) is 6.43 Å². The fourth-order valence-corrected chi connectivity index (χ4v) is 0.905. The summed E-state index contributed by atoms with van der Waals surface area (Å²) in [6.07, 6.45) is -1.60. The lowest BCUT2D eigenvalue weighted by atomic mass is 10.1. The molecule has 1 heterocycles. The highest BCUT2D eigenvalue weighted by molar-refractivity contribution is 5.23. The van der Waals surface area contributed by atoms with E-state index in [0.29, 0.717) is 0 Å². The number of halogens is 2. The number of H-pyrrole nitrogens is 1. The number of aromatic nitrogens is 1. The van der Waals surface area contributed by atoms with E-state index in [2.05, 4.69) is 4.98 Å². The first-order valence-electron chi connectivity index (χ1n) is 3.35. The van der Waals surface area contributed by atoms with E-state index < -0.39 is 12.0 Å². The molecule has 3 nitrogen and oxygen atoms in total. The number of rotatable bonds is 2. The van der Waals surface area contributed by atoms with Gasteiger partial charge >= 0.3 is 0 Å². The molecule has 1 aromatic heterocycles. The first-order valence-corrected chi connectivity index (χ1v) is 3.35. The van der Waals surface area contributed by atoms with Crippen LogP contribution in [0, 0.1) is 0 Å². The molecule has 0 aliphatic carbocycles. The maximum atomic E-state index is 12.2. The zero-order chi connectivity index (χ0) is 9.14. The maximum Gasteiger partial charge on any atom is 0.265 e. The van der Waals surface area contributed by atoms with E-state index in [4.69, 9.17) is 5.73 Å². The monoisotopic (exact) mass is 174 g/mol. The molecule has 0 saturated heterocycles. The summed E-state index contributed by atoms with van der Waals surface area (Å²) in [5, 5.41) is 0. The average Bonchev–Trinajstić information content (AvgIpc) is 2.03. The van der Waals surface area contributed by atoms with Gasteiger partial charge in [0.05, 0.1) is 0 Å². The summed E-state index contributed by atoms with van der Waals surface area (Å²) in [5.74, 6) is 0. The third kappa shape index (κ3) is 1.68. The average molecular weight is 174 g/mol. The summed E-state index contributed by atoms with van der Waals surface area (Å²) < 4.78 is 24.3. The summed E-state index contributed by atoms with van der Waals surface area (Å²) in [6.45, 7) is -0.0520. The predicted octanol–water partition coefficient (Wildman–Crippen LogP) is 0.771. The van der Waals surface area contributed by atoms with Gasteiger partial charge in [0, 0.05) is 24.4 Å². The molecule has 0 aliphatic heterocycles. The Morgan fingerprint density at radius 3 is 2.75 bits per heavy atom. The van der Waals surface area contributed by atoms with Crippen LogP contribution in [0.25, 0.3) is 0 Å². The molecule has 12 heavy (non-hydrogen) atoms. The van der Waals surface area contributed by atoms with Crippen LogP contribution in [-0.4, -0.2) is 4.98 Å². The Morgan fingerprint density at radius 2 is 2.25 bits per heavy atom. The van der Waals surface area contributed by atoms with Crippen LogP contribution in [0.3, 0.4) is 0 Å². The Kier molecular flexibility index (Phi) is 2.54. The van der Waals surface area contributed by atoms with E-state index >= 15 is 0 Å². The fraction of sp³-hybridized carbons (Fsp3) is 0.286.